The fraction of sp³-hybridized carbons (Fsp3) is 0.333. The van der Waals surface area contributed by atoms with Crippen LogP contribution in [0.2, 0.25) is 0 Å². The van der Waals surface area contributed by atoms with Crippen LogP contribution >= 0.6 is 0 Å². The zero-order valence-corrected chi connectivity index (χ0v) is 16.8. The van der Waals surface area contributed by atoms with Gasteiger partial charge in [0.25, 0.3) is 5.91 Å². The molecule has 0 atom stereocenters. The summed E-state index contributed by atoms with van der Waals surface area (Å²) in [5.74, 6) is -0.105. The first kappa shape index (κ1) is 21.1. The van der Waals surface area contributed by atoms with E-state index in [9.17, 15) is 9.59 Å². The van der Waals surface area contributed by atoms with E-state index in [1.807, 2.05) is 31.2 Å². The molecule has 2 rings (SSSR count). The van der Waals surface area contributed by atoms with Crippen LogP contribution in [0.1, 0.15) is 21.5 Å². The number of hydrogen-bond donors (Lipinski definition) is 0. The summed E-state index contributed by atoms with van der Waals surface area (Å²) in [7, 11) is 6.01. The third-order valence-electron chi connectivity index (χ3n) is 4.35. The molecule has 0 radical (unpaired) electrons. The van der Waals surface area contributed by atoms with Gasteiger partial charge in [0.2, 0.25) is 5.75 Å². The normalized spacial score (nSPS) is 10.2. The molecule has 1 amide bonds. The lowest BCUT2D eigenvalue weighted by Gasteiger charge is -2.19. The lowest BCUT2D eigenvalue weighted by Crippen LogP contribution is -2.31. The van der Waals surface area contributed by atoms with Crippen molar-refractivity contribution in [2.45, 2.75) is 13.5 Å². The Morgan fingerprint density at radius 1 is 0.929 bits per heavy atom. The fourth-order valence-corrected chi connectivity index (χ4v) is 2.71. The first-order valence-electron chi connectivity index (χ1n) is 8.67. The Hall–Kier alpha value is -3.22. The minimum absolute atomic E-state index is 0.148. The number of hydrogen-bond acceptors (Lipinski definition) is 6. The van der Waals surface area contributed by atoms with Gasteiger partial charge < -0.3 is 23.8 Å². The van der Waals surface area contributed by atoms with Crippen molar-refractivity contribution in [1.82, 2.24) is 4.90 Å². The minimum atomic E-state index is -0.685. The topological polar surface area (TPSA) is 74.3 Å². The molecule has 150 valence electrons. The first-order valence-corrected chi connectivity index (χ1v) is 8.67. The molecular formula is C21H25NO6. The molecule has 2 aromatic rings. The standard InChI is InChI=1S/C21H25NO6/c1-14-8-6-7-9-15(14)12-22(2)18(23)13-28-21(24)16-10-11-17(25-3)20(27-5)19(16)26-4/h6-11H,12-13H2,1-5H3. The molecule has 0 saturated carbocycles. The number of likely N-dealkylation sites (N-methyl/N-ethyl adjacent to an activating group) is 1. The van der Waals surface area contributed by atoms with Crippen LogP contribution in [0.3, 0.4) is 0 Å². The Morgan fingerprint density at radius 3 is 2.21 bits per heavy atom. The van der Waals surface area contributed by atoms with Crippen LogP contribution in [-0.2, 0) is 16.1 Å². The van der Waals surface area contributed by atoms with Gasteiger partial charge in [-0.1, -0.05) is 24.3 Å². The van der Waals surface area contributed by atoms with E-state index in [1.165, 1.54) is 32.3 Å². The Morgan fingerprint density at radius 2 is 1.61 bits per heavy atom. The molecule has 28 heavy (non-hydrogen) atoms. The quantitative estimate of drug-likeness (QED) is 0.649. The summed E-state index contributed by atoms with van der Waals surface area (Å²) in [5.41, 5.74) is 2.27. The van der Waals surface area contributed by atoms with Crippen molar-refractivity contribution in [2.75, 3.05) is 35.0 Å². The van der Waals surface area contributed by atoms with E-state index in [1.54, 1.807) is 13.1 Å². The highest BCUT2D eigenvalue weighted by Crippen LogP contribution is 2.39. The summed E-state index contributed by atoms with van der Waals surface area (Å²) in [6.45, 7) is 2.04. The number of esters is 1. The molecule has 0 aliphatic rings. The molecule has 0 aliphatic heterocycles. The summed E-state index contributed by atoms with van der Waals surface area (Å²) in [6.07, 6.45) is 0. The molecule has 0 heterocycles. The van der Waals surface area contributed by atoms with Crippen LogP contribution in [-0.4, -0.2) is 51.8 Å². The number of methoxy groups -OCH3 is 3. The Balaban J connectivity index is 2.05. The van der Waals surface area contributed by atoms with E-state index in [0.717, 1.165) is 11.1 Å². The maximum absolute atomic E-state index is 12.5. The summed E-state index contributed by atoms with van der Waals surface area (Å²) in [5, 5.41) is 0. The number of amides is 1. The van der Waals surface area contributed by atoms with Gasteiger partial charge in [-0.05, 0) is 30.2 Å². The maximum Gasteiger partial charge on any atom is 0.342 e. The molecule has 0 aliphatic carbocycles. The number of carbonyl (C=O) groups excluding carboxylic acids is 2. The van der Waals surface area contributed by atoms with Crippen LogP contribution in [0.25, 0.3) is 0 Å². The molecule has 0 N–H and O–H groups in total. The van der Waals surface area contributed by atoms with Crippen LogP contribution in [0, 0.1) is 6.92 Å². The third-order valence-corrected chi connectivity index (χ3v) is 4.35. The Bertz CT molecular complexity index is 849. The predicted molar refractivity (Wildman–Crippen MR) is 104 cm³/mol. The molecule has 0 aromatic heterocycles. The number of nitrogens with zero attached hydrogens (tertiary/aromatic N) is 1. The van der Waals surface area contributed by atoms with Gasteiger partial charge in [0.05, 0.1) is 21.3 Å². The summed E-state index contributed by atoms with van der Waals surface area (Å²) in [6, 6.07) is 10.9. The van der Waals surface area contributed by atoms with Crippen molar-refractivity contribution in [2.24, 2.45) is 0 Å². The molecular weight excluding hydrogens is 362 g/mol. The van der Waals surface area contributed by atoms with Crippen molar-refractivity contribution >= 4 is 11.9 Å². The van der Waals surface area contributed by atoms with Crippen LogP contribution in [0.15, 0.2) is 36.4 Å². The van der Waals surface area contributed by atoms with Crippen molar-refractivity contribution in [3.8, 4) is 17.2 Å². The van der Waals surface area contributed by atoms with Crippen molar-refractivity contribution < 1.29 is 28.5 Å². The minimum Gasteiger partial charge on any atom is -0.493 e. The van der Waals surface area contributed by atoms with Gasteiger partial charge in [0.15, 0.2) is 18.1 Å². The second-order valence-corrected chi connectivity index (χ2v) is 6.13. The first-order chi connectivity index (χ1) is 13.4. The lowest BCUT2D eigenvalue weighted by atomic mass is 10.1. The Labute approximate surface area is 164 Å². The highest BCUT2D eigenvalue weighted by molar-refractivity contribution is 5.95. The number of ether oxygens (including phenoxy) is 4. The predicted octanol–water partition coefficient (Wildman–Crippen LogP) is 2.84. The van der Waals surface area contributed by atoms with E-state index in [2.05, 4.69) is 0 Å². The SMILES string of the molecule is COc1ccc(C(=O)OCC(=O)N(C)Cc2ccccc2C)c(OC)c1OC. The number of benzene rings is 2. The highest BCUT2D eigenvalue weighted by Gasteiger charge is 2.23. The third kappa shape index (κ3) is 4.73. The van der Waals surface area contributed by atoms with Gasteiger partial charge >= 0.3 is 5.97 Å². The van der Waals surface area contributed by atoms with E-state index in [4.69, 9.17) is 18.9 Å². The van der Waals surface area contributed by atoms with Gasteiger partial charge in [0.1, 0.15) is 5.56 Å². The largest absolute Gasteiger partial charge is 0.493 e. The van der Waals surface area contributed by atoms with Crippen LogP contribution in [0.4, 0.5) is 0 Å². The number of carbonyl (C=O) groups is 2. The van der Waals surface area contributed by atoms with Gasteiger partial charge in [0, 0.05) is 13.6 Å². The molecule has 0 spiro atoms. The zero-order chi connectivity index (χ0) is 20.7. The number of aryl methyl sites for hydroxylation is 1. The molecule has 7 heteroatoms. The summed E-state index contributed by atoms with van der Waals surface area (Å²) in [4.78, 5) is 26.3. The van der Waals surface area contributed by atoms with Crippen molar-refractivity contribution in [1.29, 1.82) is 0 Å². The summed E-state index contributed by atoms with van der Waals surface area (Å²) >= 11 is 0. The smallest absolute Gasteiger partial charge is 0.342 e. The van der Waals surface area contributed by atoms with Crippen LogP contribution < -0.4 is 14.2 Å². The van der Waals surface area contributed by atoms with Crippen LogP contribution in [0.5, 0.6) is 17.2 Å². The van der Waals surface area contributed by atoms with E-state index >= 15 is 0 Å². The van der Waals surface area contributed by atoms with E-state index in [-0.39, 0.29) is 29.6 Å². The van der Waals surface area contributed by atoms with E-state index < -0.39 is 5.97 Å². The second kappa shape index (κ2) is 9.64. The van der Waals surface area contributed by atoms with Crippen molar-refractivity contribution in [3.63, 3.8) is 0 Å². The molecule has 0 bridgehead atoms. The van der Waals surface area contributed by atoms with Crippen molar-refractivity contribution in [3.05, 3.63) is 53.1 Å². The monoisotopic (exact) mass is 387 g/mol. The summed E-state index contributed by atoms with van der Waals surface area (Å²) < 4.78 is 20.9. The highest BCUT2D eigenvalue weighted by atomic mass is 16.5. The Kier molecular flexibility index (Phi) is 7.26. The molecule has 2 aromatic carbocycles. The van der Waals surface area contributed by atoms with Gasteiger partial charge in [-0.3, -0.25) is 4.79 Å². The average molecular weight is 387 g/mol. The average Bonchev–Trinajstić information content (AvgIpc) is 2.71. The zero-order valence-electron chi connectivity index (χ0n) is 16.8. The molecule has 0 fully saturated rings. The lowest BCUT2D eigenvalue weighted by molar-refractivity contribution is -0.133. The maximum atomic E-state index is 12.5. The molecule has 0 saturated heterocycles. The van der Waals surface area contributed by atoms with Gasteiger partial charge in [-0.25, -0.2) is 4.79 Å². The van der Waals surface area contributed by atoms with E-state index in [0.29, 0.717) is 12.3 Å². The second-order valence-electron chi connectivity index (χ2n) is 6.13. The molecule has 0 unspecified atom stereocenters. The van der Waals surface area contributed by atoms with Gasteiger partial charge in [-0.2, -0.15) is 0 Å². The fourth-order valence-electron chi connectivity index (χ4n) is 2.71. The number of rotatable bonds is 8. The van der Waals surface area contributed by atoms with Gasteiger partial charge in [-0.15, -0.1) is 0 Å². The molecule has 7 nitrogen and oxygen atoms in total.